The van der Waals surface area contributed by atoms with Crippen molar-refractivity contribution in [3.8, 4) is 5.75 Å². The number of hydrogen-bond donors (Lipinski definition) is 0. The Morgan fingerprint density at radius 2 is 2.07 bits per heavy atom. The van der Waals surface area contributed by atoms with Gasteiger partial charge < -0.3 is 9.64 Å². The molecule has 28 heavy (non-hydrogen) atoms. The van der Waals surface area contributed by atoms with Crippen LogP contribution in [-0.2, 0) is 21.2 Å². The summed E-state index contributed by atoms with van der Waals surface area (Å²) in [4.78, 5) is 14.6. The molecule has 0 radical (unpaired) electrons. The van der Waals surface area contributed by atoms with E-state index in [0.29, 0.717) is 23.7 Å². The topological polar surface area (TPSA) is 63.7 Å². The van der Waals surface area contributed by atoms with Crippen LogP contribution in [0.3, 0.4) is 0 Å². The van der Waals surface area contributed by atoms with Crippen molar-refractivity contribution in [2.45, 2.75) is 25.9 Å². The highest BCUT2D eigenvalue weighted by Gasteiger charge is 2.34. The molecule has 8 heteroatoms. The Morgan fingerprint density at radius 1 is 1.29 bits per heavy atom. The highest BCUT2D eigenvalue weighted by Crippen LogP contribution is 2.24. The van der Waals surface area contributed by atoms with E-state index >= 15 is 0 Å². The Labute approximate surface area is 178 Å². The molecule has 5 nitrogen and oxygen atoms in total. The van der Waals surface area contributed by atoms with Crippen LogP contribution in [0.2, 0.25) is 5.02 Å². The first-order chi connectivity index (χ1) is 13.2. The van der Waals surface area contributed by atoms with Crippen molar-refractivity contribution < 1.29 is 17.9 Å². The van der Waals surface area contributed by atoms with Crippen molar-refractivity contribution in [3.05, 3.63) is 63.1 Å². The third-order valence-corrected chi connectivity index (χ3v) is 7.18. The highest BCUT2D eigenvalue weighted by molar-refractivity contribution is 9.10. The molecule has 2 aromatic carbocycles. The number of halogens is 2. The van der Waals surface area contributed by atoms with E-state index in [-0.39, 0.29) is 30.1 Å². The van der Waals surface area contributed by atoms with Gasteiger partial charge in [0.05, 0.1) is 11.5 Å². The van der Waals surface area contributed by atoms with E-state index < -0.39 is 9.84 Å². The maximum absolute atomic E-state index is 13.0. The molecule has 0 bridgehead atoms. The summed E-state index contributed by atoms with van der Waals surface area (Å²) >= 11 is 9.39. The number of benzene rings is 2. The van der Waals surface area contributed by atoms with Gasteiger partial charge in [-0.05, 0) is 54.8 Å². The maximum atomic E-state index is 13.0. The molecule has 1 aliphatic rings. The third kappa shape index (κ3) is 5.49. The van der Waals surface area contributed by atoms with Crippen LogP contribution in [0, 0.1) is 6.92 Å². The number of amides is 1. The maximum Gasteiger partial charge on any atom is 0.261 e. The van der Waals surface area contributed by atoms with E-state index in [2.05, 4.69) is 15.9 Å². The second-order valence-electron chi connectivity index (χ2n) is 6.91. The first kappa shape index (κ1) is 21.1. The number of hydrogen-bond acceptors (Lipinski definition) is 4. The van der Waals surface area contributed by atoms with Gasteiger partial charge in [0.25, 0.3) is 5.91 Å². The highest BCUT2D eigenvalue weighted by atomic mass is 79.9. The first-order valence-corrected chi connectivity index (χ1v) is 11.9. The molecule has 2 aromatic rings. The summed E-state index contributed by atoms with van der Waals surface area (Å²) in [6, 6.07) is 12.5. The minimum atomic E-state index is -3.11. The fourth-order valence-electron chi connectivity index (χ4n) is 3.27. The van der Waals surface area contributed by atoms with Gasteiger partial charge in [0.2, 0.25) is 0 Å². The Balaban J connectivity index is 1.76. The van der Waals surface area contributed by atoms with Crippen LogP contribution in [0.1, 0.15) is 17.5 Å². The fraction of sp³-hybridized carbons (Fsp3) is 0.350. The molecule has 1 saturated heterocycles. The lowest BCUT2D eigenvalue weighted by Gasteiger charge is -2.28. The van der Waals surface area contributed by atoms with Gasteiger partial charge in [-0.2, -0.15) is 0 Å². The molecule has 1 heterocycles. The molecule has 0 spiro atoms. The van der Waals surface area contributed by atoms with Crippen molar-refractivity contribution in [1.29, 1.82) is 0 Å². The van der Waals surface area contributed by atoms with Crippen LogP contribution in [0.5, 0.6) is 5.75 Å². The van der Waals surface area contributed by atoms with Crippen LogP contribution in [0.4, 0.5) is 0 Å². The smallest absolute Gasteiger partial charge is 0.261 e. The summed E-state index contributed by atoms with van der Waals surface area (Å²) in [6.45, 7) is 2.03. The van der Waals surface area contributed by atoms with Crippen molar-refractivity contribution in [1.82, 2.24) is 4.90 Å². The number of carbonyl (C=O) groups is 1. The molecule has 0 aromatic heterocycles. The third-order valence-electron chi connectivity index (χ3n) is 4.70. The molecule has 1 atom stereocenters. The molecule has 1 amide bonds. The second-order valence-corrected chi connectivity index (χ2v) is 10.5. The molecule has 1 fully saturated rings. The van der Waals surface area contributed by atoms with E-state index in [1.807, 2.05) is 31.2 Å². The number of ether oxygens (including phenoxy) is 1. The lowest BCUT2D eigenvalue weighted by molar-refractivity contribution is -0.136. The van der Waals surface area contributed by atoms with E-state index in [0.717, 1.165) is 15.6 Å². The van der Waals surface area contributed by atoms with Crippen LogP contribution >= 0.6 is 27.5 Å². The van der Waals surface area contributed by atoms with Crippen LogP contribution < -0.4 is 4.74 Å². The summed E-state index contributed by atoms with van der Waals surface area (Å²) < 4.78 is 30.5. The molecule has 0 saturated carbocycles. The Morgan fingerprint density at radius 3 is 2.71 bits per heavy atom. The molecule has 1 aliphatic heterocycles. The predicted molar refractivity (Wildman–Crippen MR) is 113 cm³/mol. The van der Waals surface area contributed by atoms with Gasteiger partial charge in [0, 0.05) is 22.1 Å². The monoisotopic (exact) mass is 485 g/mol. The Kier molecular flexibility index (Phi) is 6.68. The van der Waals surface area contributed by atoms with Gasteiger partial charge in [-0.3, -0.25) is 4.79 Å². The SMILES string of the molecule is Cc1cc(Cl)ccc1OCC(=O)N(Cc1cccc(Br)c1)[C@H]1CCS(=O)(=O)C1. The summed E-state index contributed by atoms with van der Waals surface area (Å²) in [5.41, 5.74) is 1.76. The molecular formula is C20H21BrClNO4S. The Bertz CT molecular complexity index is 980. The van der Waals surface area contributed by atoms with E-state index in [4.69, 9.17) is 16.3 Å². The standard InChI is InChI=1S/C20H21BrClNO4S/c1-14-9-17(22)5-6-19(14)27-12-20(24)23(18-7-8-28(25,26)13-18)11-15-3-2-4-16(21)10-15/h2-6,9-10,18H,7-8,11-13H2,1H3/t18-/m0/s1. The predicted octanol–water partition coefficient (Wildman–Crippen LogP) is 4.01. The lowest BCUT2D eigenvalue weighted by Crippen LogP contribution is -2.43. The number of aryl methyl sites for hydroxylation is 1. The van der Waals surface area contributed by atoms with Gasteiger partial charge in [0.15, 0.2) is 16.4 Å². The van der Waals surface area contributed by atoms with Crippen LogP contribution in [0.25, 0.3) is 0 Å². The average molecular weight is 487 g/mol. The summed E-state index contributed by atoms with van der Waals surface area (Å²) in [6.07, 6.45) is 0.446. The van der Waals surface area contributed by atoms with Gasteiger partial charge in [-0.25, -0.2) is 8.42 Å². The molecule has 3 rings (SSSR count). The molecular weight excluding hydrogens is 466 g/mol. The minimum absolute atomic E-state index is 0.00723. The van der Waals surface area contributed by atoms with Gasteiger partial charge in [0.1, 0.15) is 5.75 Å². The minimum Gasteiger partial charge on any atom is -0.483 e. The normalized spacial score (nSPS) is 18.0. The van der Waals surface area contributed by atoms with Crippen molar-refractivity contribution in [3.63, 3.8) is 0 Å². The molecule has 0 aliphatic carbocycles. The lowest BCUT2D eigenvalue weighted by atomic mass is 10.1. The number of rotatable bonds is 6. The van der Waals surface area contributed by atoms with Crippen molar-refractivity contribution >= 4 is 43.3 Å². The summed E-state index contributed by atoms with van der Waals surface area (Å²) in [5.74, 6) is 0.444. The van der Waals surface area contributed by atoms with E-state index in [1.54, 1.807) is 23.1 Å². The van der Waals surface area contributed by atoms with Crippen molar-refractivity contribution in [2.75, 3.05) is 18.1 Å². The summed E-state index contributed by atoms with van der Waals surface area (Å²) in [5, 5.41) is 0.601. The second kappa shape index (κ2) is 8.84. The van der Waals surface area contributed by atoms with Gasteiger partial charge >= 0.3 is 0 Å². The largest absolute Gasteiger partial charge is 0.483 e. The average Bonchev–Trinajstić information content (AvgIpc) is 2.98. The zero-order valence-corrected chi connectivity index (χ0v) is 18.6. The van der Waals surface area contributed by atoms with Gasteiger partial charge in [-0.15, -0.1) is 0 Å². The van der Waals surface area contributed by atoms with E-state index in [1.165, 1.54) is 0 Å². The zero-order valence-electron chi connectivity index (χ0n) is 15.4. The van der Waals surface area contributed by atoms with Gasteiger partial charge in [-0.1, -0.05) is 39.7 Å². The van der Waals surface area contributed by atoms with Crippen molar-refractivity contribution in [2.24, 2.45) is 0 Å². The molecule has 150 valence electrons. The number of nitrogens with zero attached hydrogens (tertiary/aromatic N) is 1. The number of sulfone groups is 1. The molecule has 0 N–H and O–H groups in total. The number of carbonyl (C=O) groups excluding carboxylic acids is 1. The zero-order chi connectivity index (χ0) is 20.3. The van der Waals surface area contributed by atoms with Crippen LogP contribution in [0.15, 0.2) is 46.9 Å². The quantitative estimate of drug-likeness (QED) is 0.619. The Hall–Kier alpha value is -1.57. The first-order valence-electron chi connectivity index (χ1n) is 8.87. The van der Waals surface area contributed by atoms with E-state index in [9.17, 15) is 13.2 Å². The fourth-order valence-corrected chi connectivity index (χ4v) is 5.68. The molecule has 0 unspecified atom stereocenters. The van der Waals surface area contributed by atoms with Crippen LogP contribution in [-0.4, -0.2) is 43.4 Å². The summed E-state index contributed by atoms with van der Waals surface area (Å²) in [7, 11) is -3.11.